The van der Waals surface area contributed by atoms with Gasteiger partial charge in [-0.3, -0.25) is 14.2 Å². The number of fused-ring (bicyclic) bond motifs is 1. The molecule has 4 rings (SSSR count). The second-order valence-electron chi connectivity index (χ2n) is 7.99. The van der Waals surface area contributed by atoms with E-state index in [1.807, 2.05) is 55.5 Å². The van der Waals surface area contributed by atoms with Crippen molar-refractivity contribution in [3.8, 4) is 5.69 Å². The van der Waals surface area contributed by atoms with Gasteiger partial charge in [0, 0.05) is 19.0 Å². The van der Waals surface area contributed by atoms with Gasteiger partial charge in [-0.15, -0.1) is 0 Å². The third kappa shape index (κ3) is 4.77. The van der Waals surface area contributed by atoms with E-state index in [0.717, 1.165) is 18.5 Å². The molecule has 7 nitrogen and oxygen atoms in total. The summed E-state index contributed by atoms with van der Waals surface area (Å²) >= 11 is 0. The number of aromatic nitrogens is 4. The Bertz CT molecular complexity index is 1260. The number of carbonyl (C=O) groups is 1. The molecule has 0 aliphatic heterocycles. The Morgan fingerprint density at radius 2 is 1.75 bits per heavy atom. The number of benzene rings is 2. The lowest BCUT2D eigenvalue weighted by molar-refractivity contribution is -0.121. The summed E-state index contributed by atoms with van der Waals surface area (Å²) in [5.74, 6) is 0.488. The van der Waals surface area contributed by atoms with E-state index in [9.17, 15) is 9.59 Å². The van der Waals surface area contributed by atoms with E-state index in [4.69, 9.17) is 0 Å². The highest BCUT2D eigenvalue weighted by molar-refractivity contribution is 5.77. The first kappa shape index (κ1) is 21.5. The fourth-order valence-corrected chi connectivity index (χ4v) is 3.79. The summed E-state index contributed by atoms with van der Waals surface area (Å²) in [6.45, 7) is 4.06. The van der Waals surface area contributed by atoms with Crippen LogP contribution in [0.3, 0.4) is 0 Å². The third-order valence-corrected chi connectivity index (χ3v) is 5.56. The summed E-state index contributed by atoms with van der Waals surface area (Å²) in [6.07, 6.45) is 3.53. The number of rotatable bonds is 8. The SMILES string of the molecule is Cc1nc2c(cnn2-c2ccccc2)c(=O)n1CCC(=O)NC(C)CCc1ccccc1. The number of carbonyl (C=O) groups excluding carboxylic acids is 1. The van der Waals surface area contributed by atoms with Crippen molar-refractivity contribution >= 4 is 16.9 Å². The van der Waals surface area contributed by atoms with Gasteiger partial charge in [0.15, 0.2) is 5.65 Å². The van der Waals surface area contributed by atoms with Gasteiger partial charge >= 0.3 is 0 Å². The number of hydrogen-bond donors (Lipinski definition) is 1. The summed E-state index contributed by atoms with van der Waals surface area (Å²) in [4.78, 5) is 30.1. The first-order valence-corrected chi connectivity index (χ1v) is 10.9. The highest BCUT2D eigenvalue weighted by atomic mass is 16.2. The summed E-state index contributed by atoms with van der Waals surface area (Å²) in [5, 5.41) is 7.82. The molecule has 4 aromatic rings. The molecule has 7 heteroatoms. The van der Waals surface area contributed by atoms with Gasteiger partial charge in [-0.2, -0.15) is 5.10 Å². The fourth-order valence-electron chi connectivity index (χ4n) is 3.79. The quantitative estimate of drug-likeness (QED) is 0.465. The van der Waals surface area contributed by atoms with Crippen LogP contribution in [0.4, 0.5) is 0 Å². The summed E-state index contributed by atoms with van der Waals surface area (Å²) in [6, 6.07) is 19.9. The van der Waals surface area contributed by atoms with Crippen molar-refractivity contribution in [1.82, 2.24) is 24.6 Å². The van der Waals surface area contributed by atoms with Crippen LogP contribution in [0.2, 0.25) is 0 Å². The number of nitrogens with one attached hydrogen (secondary N) is 1. The molecule has 0 saturated heterocycles. The van der Waals surface area contributed by atoms with Crippen molar-refractivity contribution in [3.05, 3.63) is 88.6 Å². The zero-order valence-electron chi connectivity index (χ0n) is 18.4. The maximum absolute atomic E-state index is 13.0. The Balaban J connectivity index is 1.41. The van der Waals surface area contributed by atoms with Crippen LogP contribution in [0.15, 0.2) is 71.7 Å². The average Bonchev–Trinajstić information content (AvgIpc) is 3.23. The molecule has 2 heterocycles. The van der Waals surface area contributed by atoms with Gasteiger partial charge < -0.3 is 5.32 Å². The van der Waals surface area contributed by atoms with Crippen LogP contribution < -0.4 is 10.9 Å². The molecule has 1 unspecified atom stereocenters. The van der Waals surface area contributed by atoms with Gasteiger partial charge in [0.25, 0.3) is 5.56 Å². The monoisotopic (exact) mass is 429 g/mol. The van der Waals surface area contributed by atoms with Gasteiger partial charge in [-0.1, -0.05) is 48.5 Å². The maximum atomic E-state index is 13.0. The topological polar surface area (TPSA) is 81.8 Å². The van der Waals surface area contributed by atoms with Crippen molar-refractivity contribution in [2.75, 3.05) is 0 Å². The van der Waals surface area contributed by atoms with Gasteiger partial charge in [0.1, 0.15) is 11.2 Å². The molecule has 2 aromatic heterocycles. The molecule has 1 N–H and O–H groups in total. The Kier molecular flexibility index (Phi) is 6.44. The fraction of sp³-hybridized carbons (Fsp3) is 0.280. The van der Waals surface area contributed by atoms with Crippen LogP contribution in [0.1, 0.15) is 31.2 Å². The third-order valence-electron chi connectivity index (χ3n) is 5.56. The lowest BCUT2D eigenvalue weighted by atomic mass is 10.1. The predicted octanol–water partition coefficient (Wildman–Crippen LogP) is 3.42. The van der Waals surface area contributed by atoms with Crippen LogP contribution in [0.25, 0.3) is 16.7 Å². The molecular formula is C25H27N5O2. The number of nitrogens with zero attached hydrogens (tertiary/aromatic N) is 4. The number of para-hydroxylation sites is 1. The lowest BCUT2D eigenvalue weighted by Gasteiger charge is -2.15. The Hall–Kier alpha value is -3.74. The number of amides is 1. The molecule has 32 heavy (non-hydrogen) atoms. The Morgan fingerprint density at radius 3 is 2.47 bits per heavy atom. The highest BCUT2D eigenvalue weighted by Gasteiger charge is 2.15. The predicted molar refractivity (Wildman–Crippen MR) is 125 cm³/mol. The molecule has 0 spiro atoms. The van der Waals surface area contributed by atoms with E-state index in [1.165, 1.54) is 5.56 Å². The second-order valence-corrected chi connectivity index (χ2v) is 7.99. The largest absolute Gasteiger partial charge is 0.354 e. The van der Waals surface area contributed by atoms with Gasteiger partial charge in [0.2, 0.25) is 5.91 Å². The van der Waals surface area contributed by atoms with Gasteiger partial charge in [-0.05, 0) is 44.4 Å². The molecule has 1 atom stereocenters. The van der Waals surface area contributed by atoms with Gasteiger partial charge in [0.05, 0.1) is 11.9 Å². The van der Waals surface area contributed by atoms with E-state index in [0.29, 0.717) is 16.9 Å². The lowest BCUT2D eigenvalue weighted by Crippen LogP contribution is -2.34. The molecule has 0 radical (unpaired) electrons. The van der Waals surface area contributed by atoms with Crippen LogP contribution >= 0.6 is 0 Å². The van der Waals surface area contributed by atoms with E-state index in [2.05, 4.69) is 27.5 Å². The van der Waals surface area contributed by atoms with Crippen molar-refractivity contribution in [2.24, 2.45) is 0 Å². The molecule has 0 fully saturated rings. The average molecular weight is 430 g/mol. The Labute approximate surface area is 186 Å². The first-order valence-electron chi connectivity index (χ1n) is 10.9. The normalized spacial score (nSPS) is 12.1. The first-order chi connectivity index (χ1) is 15.5. The molecular weight excluding hydrogens is 402 g/mol. The van der Waals surface area contributed by atoms with Crippen molar-refractivity contribution in [3.63, 3.8) is 0 Å². The van der Waals surface area contributed by atoms with Crippen LogP contribution in [0.5, 0.6) is 0 Å². The summed E-state index contributed by atoms with van der Waals surface area (Å²) < 4.78 is 3.21. The molecule has 0 saturated carbocycles. The van der Waals surface area contributed by atoms with E-state index < -0.39 is 0 Å². The minimum atomic E-state index is -0.181. The Morgan fingerprint density at radius 1 is 1.06 bits per heavy atom. The standard InChI is InChI=1S/C25H27N5O2/c1-18(13-14-20-9-5-3-6-10-20)27-23(31)15-16-29-19(2)28-24-22(25(29)32)17-26-30(24)21-11-7-4-8-12-21/h3-12,17-18H,13-16H2,1-2H3,(H,27,31). The zero-order chi connectivity index (χ0) is 22.5. The maximum Gasteiger partial charge on any atom is 0.264 e. The minimum Gasteiger partial charge on any atom is -0.354 e. The van der Waals surface area contributed by atoms with E-state index >= 15 is 0 Å². The molecule has 2 aromatic carbocycles. The molecule has 164 valence electrons. The van der Waals surface area contributed by atoms with Crippen molar-refractivity contribution in [2.45, 2.75) is 45.7 Å². The van der Waals surface area contributed by atoms with Crippen LogP contribution in [0, 0.1) is 6.92 Å². The number of hydrogen-bond acceptors (Lipinski definition) is 4. The van der Waals surface area contributed by atoms with Gasteiger partial charge in [-0.25, -0.2) is 9.67 Å². The van der Waals surface area contributed by atoms with Crippen molar-refractivity contribution in [1.29, 1.82) is 0 Å². The molecule has 0 aliphatic rings. The zero-order valence-corrected chi connectivity index (χ0v) is 18.4. The molecule has 0 bridgehead atoms. The van der Waals surface area contributed by atoms with Crippen LogP contribution in [-0.4, -0.2) is 31.3 Å². The summed E-state index contributed by atoms with van der Waals surface area (Å²) in [5.41, 5.74) is 2.44. The second kappa shape index (κ2) is 9.60. The number of aryl methyl sites for hydroxylation is 2. The summed E-state index contributed by atoms with van der Waals surface area (Å²) in [7, 11) is 0. The van der Waals surface area contributed by atoms with Crippen LogP contribution in [-0.2, 0) is 17.8 Å². The minimum absolute atomic E-state index is 0.0604. The molecule has 0 aliphatic carbocycles. The molecule has 1 amide bonds. The highest BCUT2D eigenvalue weighted by Crippen LogP contribution is 2.14. The van der Waals surface area contributed by atoms with E-state index in [-0.39, 0.29) is 30.5 Å². The van der Waals surface area contributed by atoms with Crippen molar-refractivity contribution < 1.29 is 4.79 Å². The van der Waals surface area contributed by atoms with E-state index in [1.54, 1.807) is 22.4 Å². The smallest absolute Gasteiger partial charge is 0.264 e.